The summed E-state index contributed by atoms with van der Waals surface area (Å²) in [4.78, 5) is 16.4. The van der Waals surface area contributed by atoms with E-state index in [9.17, 15) is 31.5 Å². The topological polar surface area (TPSA) is 132 Å². The average Bonchev–Trinajstić information content (AvgIpc) is 2.89. The molecule has 0 spiro atoms. The quantitative estimate of drug-likeness (QED) is 0.481. The van der Waals surface area contributed by atoms with Crippen molar-refractivity contribution < 1.29 is 26.7 Å². The molecule has 2 aromatic heterocycles. The number of aromatic hydroxyl groups is 1. The number of rotatable bonds is 6. The lowest BCUT2D eigenvalue weighted by Gasteiger charge is -2.10. The smallest absolute Gasteiger partial charge is 0.446 e. The number of anilines is 1. The van der Waals surface area contributed by atoms with Crippen molar-refractivity contribution in [3.05, 3.63) is 65.0 Å². The zero-order chi connectivity index (χ0) is 22.1. The lowest BCUT2D eigenvalue weighted by atomic mass is 10.2. The molecule has 0 atom stereocenters. The summed E-state index contributed by atoms with van der Waals surface area (Å²) in [5.41, 5.74) is -4.60. The minimum Gasteiger partial charge on any atom is -0.493 e. The van der Waals surface area contributed by atoms with Crippen molar-refractivity contribution in [1.82, 2.24) is 14.1 Å². The number of imidazole rings is 1. The molecule has 0 fully saturated rings. The summed E-state index contributed by atoms with van der Waals surface area (Å²) in [5, 5.41) is 15.1. The monoisotopic (exact) mass is 461 g/mol. The van der Waals surface area contributed by atoms with Gasteiger partial charge in [-0.05, 0) is 47.7 Å². The summed E-state index contributed by atoms with van der Waals surface area (Å²) in [6, 6.07) is 6.33. The third-order valence-electron chi connectivity index (χ3n) is 3.77. The molecule has 0 aliphatic heterocycles. The fraction of sp³-hybridized carbons (Fsp3) is 0.125. The van der Waals surface area contributed by atoms with Crippen LogP contribution >= 0.6 is 11.8 Å². The zero-order valence-electron chi connectivity index (χ0n) is 14.9. The Morgan fingerprint density at radius 1 is 1.20 bits per heavy atom. The maximum atomic E-state index is 12.7. The van der Waals surface area contributed by atoms with Crippen LogP contribution in [-0.2, 0) is 16.8 Å². The first-order chi connectivity index (χ1) is 13.9. The van der Waals surface area contributed by atoms with Crippen molar-refractivity contribution in [2.24, 2.45) is 5.14 Å². The maximum absolute atomic E-state index is 12.7. The highest BCUT2D eigenvalue weighted by atomic mass is 32.2. The van der Waals surface area contributed by atoms with E-state index in [4.69, 9.17) is 5.14 Å². The Hall–Kier alpha value is -2.97. The Labute approximate surface area is 172 Å². The van der Waals surface area contributed by atoms with E-state index in [0.29, 0.717) is 5.56 Å². The first-order valence-electron chi connectivity index (χ1n) is 8.04. The van der Waals surface area contributed by atoms with Gasteiger partial charge in [-0.25, -0.2) is 14.5 Å². The number of benzene rings is 1. The molecule has 0 unspecified atom stereocenters. The van der Waals surface area contributed by atoms with Crippen LogP contribution in [0.4, 0.5) is 18.9 Å². The number of hydrogen-bond acceptors (Lipinski definition) is 6. The van der Waals surface area contributed by atoms with Gasteiger partial charge in [-0.1, -0.05) is 0 Å². The normalized spacial score (nSPS) is 12.1. The second-order valence-corrected chi connectivity index (χ2v) is 8.39. The molecule has 0 radical (unpaired) electrons. The number of alkyl halides is 3. The Kier molecular flexibility index (Phi) is 5.83. The molecule has 2 heterocycles. The minimum absolute atomic E-state index is 0.0488. The molecule has 160 valence electrons. The highest BCUT2D eigenvalue weighted by molar-refractivity contribution is 8.00. The lowest BCUT2D eigenvalue weighted by Crippen LogP contribution is -2.25. The molecule has 9 nitrogen and oxygen atoms in total. The van der Waals surface area contributed by atoms with Crippen LogP contribution in [0.15, 0.2) is 58.6 Å². The number of pyridine rings is 1. The largest absolute Gasteiger partial charge is 0.493 e. The molecular formula is C16H14F3N5O4S2. The van der Waals surface area contributed by atoms with E-state index in [1.165, 1.54) is 42.7 Å². The van der Waals surface area contributed by atoms with Gasteiger partial charge in [0.1, 0.15) is 0 Å². The molecule has 4 N–H and O–H groups in total. The first kappa shape index (κ1) is 21.7. The van der Waals surface area contributed by atoms with Crippen LogP contribution in [0.2, 0.25) is 0 Å². The number of thioether (sulfide) groups is 1. The van der Waals surface area contributed by atoms with Gasteiger partial charge in [-0.15, -0.1) is 0 Å². The first-order valence-corrected chi connectivity index (χ1v) is 10.4. The predicted molar refractivity (Wildman–Crippen MR) is 104 cm³/mol. The second kappa shape index (κ2) is 8.04. The van der Waals surface area contributed by atoms with E-state index in [2.05, 4.69) is 9.71 Å². The van der Waals surface area contributed by atoms with Crippen LogP contribution in [0.25, 0.3) is 5.69 Å². The molecule has 3 aromatic rings. The van der Waals surface area contributed by atoms with Gasteiger partial charge in [0, 0.05) is 11.1 Å². The van der Waals surface area contributed by atoms with Crippen molar-refractivity contribution in [1.29, 1.82) is 0 Å². The predicted octanol–water partition coefficient (Wildman–Crippen LogP) is 2.02. The minimum atomic E-state index is -4.45. The van der Waals surface area contributed by atoms with Crippen LogP contribution in [0.5, 0.6) is 5.88 Å². The van der Waals surface area contributed by atoms with Crippen LogP contribution in [-0.4, -0.2) is 33.2 Å². The van der Waals surface area contributed by atoms with Gasteiger partial charge in [-0.3, -0.25) is 14.3 Å². The molecule has 3 rings (SSSR count). The van der Waals surface area contributed by atoms with Crippen molar-refractivity contribution in [2.45, 2.75) is 16.9 Å². The second-order valence-electron chi connectivity index (χ2n) is 5.95. The Morgan fingerprint density at radius 2 is 1.87 bits per heavy atom. The Morgan fingerprint density at radius 3 is 2.47 bits per heavy atom. The molecule has 0 bridgehead atoms. The SMILES string of the molecule is NS(=O)(=O)Nc1cnccc1Cn1cc(O)n(-c2ccc(SC(F)(F)F)cc2)c1=O. The van der Waals surface area contributed by atoms with Gasteiger partial charge >= 0.3 is 11.2 Å². The summed E-state index contributed by atoms with van der Waals surface area (Å²) in [5.74, 6) is -0.453. The number of nitrogens with one attached hydrogen (secondary N) is 1. The number of halogens is 3. The average molecular weight is 461 g/mol. The summed E-state index contributed by atoms with van der Waals surface area (Å²) < 4.78 is 64.0. The van der Waals surface area contributed by atoms with Crippen LogP contribution in [0.1, 0.15) is 5.56 Å². The third-order valence-corrected chi connectivity index (χ3v) is 5.01. The van der Waals surface area contributed by atoms with E-state index in [-0.39, 0.29) is 34.6 Å². The van der Waals surface area contributed by atoms with Gasteiger partial charge in [0.05, 0.1) is 30.3 Å². The summed E-state index contributed by atoms with van der Waals surface area (Å²) in [6.45, 7) is -0.137. The number of aromatic nitrogens is 3. The summed E-state index contributed by atoms with van der Waals surface area (Å²) in [6.07, 6.45) is 3.70. The van der Waals surface area contributed by atoms with Crippen molar-refractivity contribution >= 4 is 27.7 Å². The fourth-order valence-corrected chi connectivity index (χ4v) is 3.65. The summed E-state index contributed by atoms with van der Waals surface area (Å²) in [7, 11) is -4.08. The van der Waals surface area contributed by atoms with Crippen LogP contribution < -0.4 is 15.6 Å². The van der Waals surface area contributed by atoms with Crippen molar-refractivity contribution in [3.8, 4) is 11.6 Å². The van der Waals surface area contributed by atoms with Gasteiger partial charge < -0.3 is 5.11 Å². The van der Waals surface area contributed by atoms with E-state index in [1.807, 2.05) is 0 Å². The molecular weight excluding hydrogens is 447 g/mol. The maximum Gasteiger partial charge on any atom is 0.446 e. The van der Waals surface area contributed by atoms with E-state index in [0.717, 1.165) is 15.3 Å². The molecule has 0 saturated heterocycles. The molecule has 1 aromatic carbocycles. The van der Waals surface area contributed by atoms with Crippen LogP contribution in [0.3, 0.4) is 0 Å². The van der Waals surface area contributed by atoms with Gasteiger partial charge in [0.15, 0.2) is 0 Å². The van der Waals surface area contributed by atoms with E-state index >= 15 is 0 Å². The number of nitrogens with two attached hydrogens (primary N) is 1. The molecule has 0 amide bonds. The zero-order valence-corrected chi connectivity index (χ0v) is 16.5. The summed E-state index contributed by atoms with van der Waals surface area (Å²) >= 11 is -0.301. The van der Waals surface area contributed by atoms with E-state index in [1.54, 1.807) is 0 Å². The van der Waals surface area contributed by atoms with Crippen molar-refractivity contribution in [2.75, 3.05) is 4.72 Å². The molecule has 30 heavy (non-hydrogen) atoms. The van der Waals surface area contributed by atoms with Crippen LogP contribution in [0, 0.1) is 0 Å². The van der Waals surface area contributed by atoms with E-state index < -0.39 is 27.3 Å². The Balaban J connectivity index is 1.92. The molecule has 0 aliphatic rings. The standard InChI is InChI=1S/C16H14F3N5O4S2/c17-16(18,19)29-12-3-1-11(2-4-12)24-14(25)9-23(15(24)26)8-10-5-6-21-7-13(10)22-30(20,27)28/h1-7,9,22,25H,8H2,(H2,20,27,28). The lowest BCUT2D eigenvalue weighted by molar-refractivity contribution is -0.0328. The molecule has 0 aliphatic carbocycles. The van der Waals surface area contributed by atoms with Gasteiger partial charge in [0.2, 0.25) is 5.88 Å². The highest BCUT2D eigenvalue weighted by Crippen LogP contribution is 2.37. The molecule has 0 saturated carbocycles. The Bertz CT molecular complexity index is 1220. The molecule has 14 heteroatoms. The fourth-order valence-electron chi connectivity index (χ4n) is 2.62. The number of hydrogen-bond donors (Lipinski definition) is 3. The number of nitrogens with zero attached hydrogens (tertiary/aromatic N) is 3. The third kappa shape index (κ3) is 5.34. The van der Waals surface area contributed by atoms with Crippen molar-refractivity contribution in [3.63, 3.8) is 0 Å². The van der Waals surface area contributed by atoms with Gasteiger partial charge in [0.25, 0.3) is 10.2 Å². The highest BCUT2D eigenvalue weighted by Gasteiger charge is 2.29. The van der Waals surface area contributed by atoms with Gasteiger partial charge in [-0.2, -0.15) is 21.6 Å².